The molecular formula is C34H69NO7P+. The van der Waals surface area contributed by atoms with E-state index in [2.05, 4.69) is 26.0 Å². The molecule has 0 spiro atoms. The second-order valence-electron chi connectivity index (χ2n) is 12.9. The monoisotopic (exact) mass is 634 g/mol. The number of carbonyl (C=O) groups excluding carboxylic acids is 1. The maximum atomic E-state index is 12.5. The summed E-state index contributed by atoms with van der Waals surface area (Å²) in [5.74, 6) is -0.325. The largest absolute Gasteiger partial charge is 0.472 e. The molecule has 8 nitrogen and oxygen atoms in total. The number of unbranched alkanes of at least 4 members (excludes halogenated alkanes) is 16. The molecule has 43 heavy (non-hydrogen) atoms. The molecule has 0 fully saturated rings. The van der Waals surface area contributed by atoms with Crippen LogP contribution in [0.15, 0.2) is 12.2 Å². The van der Waals surface area contributed by atoms with E-state index in [4.69, 9.17) is 18.5 Å². The first-order chi connectivity index (χ1) is 20.6. The summed E-state index contributed by atoms with van der Waals surface area (Å²) in [6.07, 6.45) is 26.7. The minimum atomic E-state index is -4.25. The fourth-order valence-corrected chi connectivity index (χ4v) is 5.29. The molecule has 0 aromatic rings. The van der Waals surface area contributed by atoms with Gasteiger partial charge < -0.3 is 18.9 Å². The standard InChI is InChI=1S/C34H68NO7P/c1-6-8-10-12-14-15-16-17-18-19-20-21-23-25-27-34(36)42-33(31-39-29-26-24-22-13-11-9-7-2)32-41-43(37,38)40-30-28-35(3,4)5/h16-17,33H,6-15,18-32H2,1-5H3/p+1/b17-16-. The second kappa shape index (κ2) is 28.7. The number of rotatable bonds is 32. The van der Waals surface area contributed by atoms with Gasteiger partial charge in [0.05, 0.1) is 34.4 Å². The molecule has 0 radical (unpaired) electrons. The first-order valence-corrected chi connectivity index (χ1v) is 18.9. The molecule has 0 heterocycles. The number of esters is 1. The fourth-order valence-electron chi connectivity index (χ4n) is 4.54. The molecule has 2 atom stereocenters. The SMILES string of the molecule is CCCCCCC/C=C\CCCCCCCC(=O)OC(COCCCCCCCCC)COP(=O)(O)OCC[N+](C)(C)C. The quantitative estimate of drug-likeness (QED) is 0.0259. The Labute approximate surface area is 265 Å². The van der Waals surface area contributed by atoms with E-state index >= 15 is 0 Å². The van der Waals surface area contributed by atoms with Crippen LogP contribution in [0.2, 0.25) is 0 Å². The van der Waals surface area contributed by atoms with Gasteiger partial charge in [0.15, 0.2) is 0 Å². The van der Waals surface area contributed by atoms with Crippen LogP contribution in [0.25, 0.3) is 0 Å². The number of hydrogen-bond donors (Lipinski definition) is 1. The molecule has 0 amide bonds. The van der Waals surface area contributed by atoms with Crippen molar-refractivity contribution in [1.29, 1.82) is 0 Å². The number of hydrogen-bond acceptors (Lipinski definition) is 6. The van der Waals surface area contributed by atoms with Crippen molar-refractivity contribution in [2.45, 2.75) is 148 Å². The number of phosphoric acid groups is 1. The van der Waals surface area contributed by atoms with Gasteiger partial charge in [-0.3, -0.25) is 13.8 Å². The van der Waals surface area contributed by atoms with Crippen LogP contribution < -0.4 is 0 Å². The highest BCUT2D eigenvalue weighted by atomic mass is 31.2. The number of quaternary nitrogens is 1. The number of allylic oxidation sites excluding steroid dienone is 2. The van der Waals surface area contributed by atoms with E-state index < -0.39 is 13.9 Å². The van der Waals surface area contributed by atoms with Crippen molar-refractivity contribution < 1.29 is 37.3 Å². The molecule has 0 aliphatic heterocycles. The van der Waals surface area contributed by atoms with Gasteiger partial charge in [-0.05, 0) is 38.5 Å². The van der Waals surface area contributed by atoms with Gasteiger partial charge in [-0.25, -0.2) is 4.57 Å². The molecule has 0 rings (SSSR count). The molecule has 0 bridgehead atoms. The summed E-state index contributed by atoms with van der Waals surface area (Å²) in [7, 11) is 1.66. The summed E-state index contributed by atoms with van der Waals surface area (Å²) in [5, 5.41) is 0. The van der Waals surface area contributed by atoms with Gasteiger partial charge in [-0.1, -0.05) is 109 Å². The zero-order chi connectivity index (χ0) is 32.1. The molecule has 0 aliphatic carbocycles. The summed E-state index contributed by atoms with van der Waals surface area (Å²) in [6, 6.07) is 0. The van der Waals surface area contributed by atoms with Crippen molar-refractivity contribution in [2.75, 3.05) is 54.1 Å². The zero-order valence-electron chi connectivity index (χ0n) is 28.7. The van der Waals surface area contributed by atoms with Crippen LogP contribution in [0, 0.1) is 0 Å². The third-order valence-corrected chi connectivity index (χ3v) is 8.31. The van der Waals surface area contributed by atoms with E-state index in [1.807, 2.05) is 21.1 Å². The van der Waals surface area contributed by atoms with E-state index in [1.165, 1.54) is 83.5 Å². The van der Waals surface area contributed by atoms with Gasteiger partial charge in [0.25, 0.3) is 0 Å². The zero-order valence-corrected chi connectivity index (χ0v) is 29.6. The average Bonchev–Trinajstić information content (AvgIpc) is 2.94. The number of phosphoric ester groups is 1. The lowest BCUT2D eigenvalue weighted by Gasteiger charge is -2.24. The molecule has 9 heteroatoms. The molecule has 1 N–H and O–H groups in total. The molecule has 0 aromatic carbocycles. The van der Waals surface area contributed by atoms with Gasteiger partial charge in [0, 0.05) is 13.0 Å². The van der Waals surface area contributed by atoms with Crippen LogP contribution >= 0.6 is 7.82 Å². The normalized spacial score (nSPS) is 14.3. The summed E-state index contributed by atoms with van der Waals surface area (Å²) in [4.78, 5) is 22.6. The highest BCUT2D eigenvalue weighted by Gasteiger charge is 2.26. The lowest BCUT2D eigenvalue weighted by molar-refractivity contribution is -0.870. The predicted octanol–water partition coefficient (Wildman–Crippen LogP) is 9.15. The molecule has 2 unspecified atom stereocenters. The van der Waals surface area contributed by atoms with Crippen LogP contribution in [0.1, 0.15) is 142 Å². The Kier molecular flexibility index (Phi) is 28.2. The summed E-state index contributed by atoms with van der Waals surface area (Å²) in [5.41, 5.74) is 0. The summed E-state index contributed by atoms with van der Waals surface area (Å²) >= 11 is 0. The fraction of sp³-hybridized carbons (Fsp3) is 0.912. The van der Waals surface area contributed by atoms with Crippen LogP contribution in [-0.4, -0.2) is 75.6 Å². The van der Waals surface area contributed by atoms with Crippen molar-refractivity contribution in [3.05, 3.63) is 12.2 Å². The summed E-state index contributed by atoms with van der Waals surface area (Å²) < 4.78 is 34.6. The van der Waals surface area contributed by atoms with Crippen molar-refractivity contribution >= 4 is 13.8 Å². The Morgan fingerprint density at radius 2 is 1.21 bits per heavy atom. The predicted molar refractivity (Wildman–Crippen MR) is 178 cm³/mol. The molecule has 0 aromatic heterocycles. The van der Waals surface area contributed by atoms with Gasteiger partial charge in [-0.2, -0.15) is 0 Å². The Bertz CT molecular complexity index is 711. The van der Waals surface area contributed by atoms with E-state index in [0.29, 0.717) is 24.1 Å². The highest BCUT2D eigenvalue weighted by Crippen LogP contribution is 2.43. The Morgan fingerprint density at radius 1 is 0.698 bits per heavy atom. The van der Waals surface area contributed by atoms with Crippen molar-refractivity contribution in [1.82, 2.24) is 0 Å². The Hall–Kier alpha value is -0.760. The topological polar surface area (TPSA) is 91.3 Å². The Balaban J connectivity index is 4.30. The van der Waals surface area contributed by atoms with Gasteiger partial charge in [-0.15, -0.1) is 0 Å². The molecule has 0 saturated carbocycles. The first kappa shape index (κ1) is 42.2. The minimum absolute atomic E-state index is 0.0892. The minimum Gasteiger partial charge on any atom is -0.457 e. The van der Waals surface area contributed by atoms with Crippen LogP contribution in [0.4, 0.5) is 0 Å². The van der Waals surface area contributed by atoms with E-state index in [1.54, 1.807) is 0 Å². The smallest absolute Gasteiger partial charge is 0.457 e. The molecule has 0 aliphatic rings. The maximum Gasteiger partial charge on any atom is 0.472 e. The third kappa shape index (κ3) is 32.4. The second-order valence-corrected chi connectivity index (χ2v) is 14.4. The first-order valence-electron chi connectivity index (χ1n) is 17.4. The lowest BCUT2D eigenvalue weighted by Crippen LogP contribution is -2.37. The van der Waals surface area contributed by atoms with Crippen molar-refractivity contribution in [3.63, 3.8) is 0 Å². The average molecular weight is 635 g/mol. The van der Waals surface area contributed by atoms with E-state index in [-0.39, 0.29) is 25.8 Å². The van der Waals surface area contributed by atoms with Gasteiger partial charge in [0.2, 0.25) is 0 Å². The van der Waals surface area contributed by atoms with Crippen molar-refractivity contribution in [2.24, 2.45) is 0 Å². The van der Waals surface area contributed by atoms with Crippen molar-refractivity contribution in [3.8, 4) is 0 Å². The van der Waals surface area contributed by atoms with E-state index in [9.17, 15) is 14.3 Å². The van der Waals surface area contributed by atoms with Gasteiger partial charge in [0.1, 0.15) is 19.3 Å². The van der Waals surface area contributed by atoms with Crippen LogP contribution in [-0.2, 0) is 27.9 Å². The molecular weight excluding hydrogens is 565 g/mol. The number of likely N-dealkylation sites (N-methyl/N-ethyl adjacent to an activating group) is 1. The summed E-state index contributed by atoms with van der Waals surface area (Å²) in [6.45, 7) is 5.56. The number of nitrogens with zero attached hydrogens (tertiary/aromatic N) is 1. The number of carbonyl (C=O) groups is 1. The molecule has 256 valence electrons. The third-order valence-electron chi connectivity index (χ3n) is 7.33. The lowest BCUT2D eigenvalue weighted by atomic mass is 10.1. The van der Waals surface area contributed by atoms with Crippen LogP contribution in [0.3, 0.4) is 0 Å². The van der Waals surface area contributed by atoms with Gasteiger partial charge >= 0.3 is 13.8 Å². The number of ether oxygens (including phenoxy) is 2. The maximum absolute atomic E-state index is 12.5. The highest BCUT2D eigenvalue weighted by molar-refractivity contribution is 7.47. The van der Waals surface area contributed by atoms with Crippen LogP contribution in [0.5, 0.6) is 0 Å². The molecule has 0 saturated heterocycles. The van der Waals surface area contributed by atoms with E-state index in [0.717, 1.165) is 38.5 Å². The Morgan fingerprint density at radius 3 is 1.77 bits per heavy atom.